The van der Waals surface area contributed by atoms with Gasteiger partial charge in [-0.25, -0.2) is 9.78 Å². The molecule has 1 aromatic heterocycles. The van der Waals surface area contributed by atoms with Crippen molar-refractivity contribution in [2.24, 2.45) is 0 Å². The Balaban J connectivity index is 2.13. The van der Waals surface area contributed by atoms with E-state index in [1.54, 1.807) is 4.90 Å². The second-order valence-electron chi connectivity index (χ2n) is 3.20. The maximum Gasteiger partial charge on any atom is 0.373 e. The molecule has 76 valence electrons. The third-order valence-corrected chi connectivity index (χ3v) is 2.14. The van der Waals surface area contributed by atoms with E-state index in [0.717, 1.165) is 0 Å². The van der Waals surface area contributed by atoms with Gasteiger partial charge in [0.1, 0.15) is 0 Å². The number of carbonyl (C=O) groups is 1. The zero-order valence-corrected chi connectivity index (χ0v) is 7.38. The molecule has 0 aromatic carbocycles. The molecule has 1 fully saturated rings. The van der Waals surface area contributed by atoms with E-state index in [4.69, 9.17) is 9.52 Å². The van der Waals surface area contributed by atoms with Gasteiger partial charge in [0.25, 0.3) is 6.01 Å². The van der Waals surface area contributed by atoms with Crippen LogP contribution in [0.2, 0.25) is 0 Å². The zero-order valence-electron chi connectivity index (χ0n) is 7.38. The lowest BCUT2D eigenvalue weighted by Crippen LogP contribution is -2.21. The summed E-state index contributed by atoms with van der Waals surface area (Å²) in [6, 6.07) is 0.263. The maximum atomic E-state index is 10.5. The Hall–Kier alpha value is -1.56. The SMILES string of the molecule is O=C(O)c1cnc(N2CCC(O)C2)o1. The van der Waals surface area contributed by atoms with Crippen molar-refractivity contribution >= 4 is 12.0 Å². The van der Waals surface area contributed by atoms with E-state index in [0.29, 0.717) is 19.5 Å². The Morgan fingerprint density at radius 2 is 2.50 bits per heavy atom. The number of oxazole rings is 1. The van der Waals surface area contributed by atoms with E-state index in [1.165, 1.54) is 6.20 Å². The number of hydrogen-bond donors (Lipinski definition) is 2. The van der Waals surface area contributed by atoms with E-state index in [1.807, 2.05) is 0 Å². The van der Waals surface area contributed by atoms with Crippen molar-refractivity contribution < 1.29 is 19.4 Å². The molecule has 0 amide bonds. The second kappa shape index (κ2) is 3.30. The van der Waals surface area contributed by atoms with Crippen LogP contribution in [0.15, 0.2) is 10.6 Å². The first-order chi connectivity index (χ1) is 6.66. The molecule has 0 bridgehead atoms. The first-order valence-corrected chi connectivity index (χ1v) is 4.29. The molecule has 1 aromatic rings. The summed E-state index contributed by atoms with van der Waals surface area (Å²) in [5.41, 5.74) is 0. The number of anilines is 1. The molecule has 1 aliphatic rings. The van der Waals surface area contributed by atoms with Crippen LogP contribution >= 0.6 is 0 Å². The minimum atomic E-state index is -1.14. The number of nitrogens with zero attached hydrogens (tertiary/aromatic N) is 2. The Bertz CT molecular complexity index is 349. The van der Waals surface area contributed by atoms with Crippen molar-refractivity contribution in [3.8, 4) is 0 Å². The molecule has 0 saturated carbocycles. The zero-order chi connectivity index (χ0) is 10.1. The molecule has 2 N–H and O–H groups in total. The summed E-state index contributed by atoms with van der Waals surface area (Å²) in [6.07, 6.45) is 1.45. The van der Waals surface area contributed by atoms with Crippen LogP contribution < -0.4 is 4.90 Å². The maximum absolute atomic E-state index is 10.5. The Morgan fingerprint density at radius 3 is 3.00 bits per heavy atom. The molecule has 1 saturated heterocycles. The van der Waals surface area contributed by atoms with Gasteiger partial charge in [0.2, 0.25) is 5.76 Å². The quantitative estimate of drug-likeness (QED) is 0.692. The van der Waals surface area contributed by atoms with E-state index in [9.17, 15) is 9.90 Å². The highest BCUT2D eigenvalue weighted by Gasteiger charge is 2.24. The van der Waals surface area contributed by atoms with Crippen molar-refractivity contribution in [1.82, 2.24) is 4.98 Å². The molecular formula is C8H10N2O4. The summed E-state index contributed by atoms with van der Waals surface area (Å²) in [5.74, 6) is -1.31. The minimum absolute atomic E-state index is 0.179. The van der Waals surface area contributed by atoms with Crippen molar-refractivity contribution in [3.05, 3.63) is 12.0 Å². The predicted octanol–water partition coefficient (Wildman–Crippen LogP) is -0.0562. The Kier molecular flexibility index (Phi) is 2.12. The smallest absolute Gasteiger partial charge is 0.373 e. The molecule has 1 unspecified atom stereocenters. The Morgan fingerprint density at radius 1 is 1.71 bits per heavy atom. The summed E-state index contributed by atoms with van der Waals surface area (Å²) in [5, 5.41) is 17.8. The van der Waals surface area contributed by atoms with Crippen LogP contribution in [0.3, 0.4) is 0 Å². The first kappa shape index (κ1) is 9.01. The number of aliphatic hydroxyl groups is 1. The van der Waals surface area contributed by atoms with Crippen molar-refractivity contribution in [3.63, 3.8) is 0 Å². The molecule has 2 heterocycles. The average molecular weight is 198 g/mol. The second-order valence-corrected chi connectivity index (χ2v) is 3.20. The third-order valence-electron chi connectivity index (χ3n) is 2.14. The van der Waals surface area contributed by atoms with Gasteiger partial charge < -0.3 is 19.5 Å². The van der Waals surface area contributed by atoms with E-state index in [-0.39, 0.29) is 17.9 Å². The van der Waals surface area contributed by atoms with Crippen LogP contribution in [-0.4, -0.2) is 40.4 Å². The average Bonchev–Trinajstić information content (AvgIpc) is 2.70. The normalized spacial score (nSPS) is 21.5. The number of aliphatic hydroxyl groups excluding tert-OH is 1. The van der Waals surface area contributed by atoms with Crippen molar-refractivity contribution in [1.29, 1.82) is 0 Å². The van der Waals surface area contributed by atoms with E-state index in [2.05, 4.69) is 4.98 Å². The van der Waals surface area contributed by atoms with Crippen LogP contribution in [-0.2, 0) is 0 Å². The lowest BCUT2D eigenvalue weighted by Gasteiger charge is -2.10. The molecule has 1 aliphatic heterocycles. The lowest BCUT2D eigenvalue weighted by molar-refractivity contribution is 0.0663. The number of aromatic nitrogens is 1. The van der Waals surface area contributed by atoms with Gasteiger partial charge in [-0.2, -0.15) is 0 Å². The van der Waals surface area contributed by atoms with Gasteiger partial charge in [0, 0.05) is 13.1 Å². The van der Waals surface area contributed by atoms with Gasteiger partial charge in [0.15, 0.2) is 0 Å². The summed E-state index contributed by atoms with van der Waals surface area (Å²) < 4.78 is 4.98. The minimum Gasteiger partial charge on any atom is -0.475 e. The number of carboxylic acid groups (broad SMARTS) is 1. The van der Waals surface area contributed by atoms with E-state index >= 15 is 0 Å². The fourth-order valence-electron chi connectivity index (χ4n) is 1.43. The summed E-state index contributed by atoms with van der Waals surface area (Å²) in [7, 11) is 0. The number of aromatic carboxylic acids is 1. The van der Waals surface area contributed by atoms with Gasteiger partial charge in [-0.15, -0.1) is 0 Å². The highest BCUT2D eigenvalue weighted by atomic mass is 16.4. The van der Waals surface area contributed by atoms with Gasteiger partial charge in [-0.1, -0.05) is 0 Å². The van der Waals surface area contributed by atoms with E-state index < -0.39 is 5.97 Å². The molecule has 6 nitrogen and oxygen atoms in total. The largest absolute Gasteiger partial charge is 0.475 e. The van der Waals surface area contributed by atoms with Crippen LogP contribution in [0, 0.1) is 0 Å². The first-order valence-electron chi connectivity index (χ1n) is 4.29. The number of hydrogen-bond acceptors (Lipinski definition) is 5. The molecule has 6 heteroatoms. The molecular weight excluding hydrogens is 188 g/mol. The monoisotopic (exact) mass is 198 g/mol. The summed E-state index contributed by atoms with van der Waals surface area (Å²) >= 11 is 0. The van der Waals surface area contributed by atoms with Crippen molar-refractivity contribution in [2.75, 3.05) is 18.0 Å². The highest BCUT2D eigenvalue weighted by molar-refractivity contribution is 5.84. The standard InChI is InChI=1S/C8H10N2O4/c11-5-1-2-10(4-5)8-9-3-6(14-8)7(12)13/h3,5,11H,1-2,4H2,(H,12,13). The number of rotatable bonds is 2. The summed E-state index contributed by atoms with van der Waals surface area (Å²) in [4.78, 5) is 16.0. The van der Waals surface area contributed by atoms with Crippen LogP contribution in [0.25, 0.3) is 0 Å². The summed E-state index contributed by atoms with van der Waals surface area (Å²) in [6.45, 7) is 1.08. The predicted molar refractivity (Wildman–Crippen MR) is 46.3 cm³/mol. The third kappa shape index (κ3) is 1.56. The molecule has 1 atom stereocenters. The van der Waals surface area contributed by atoms with Gasteiger partial charge in [-0.3, -0.25) is 0 Å². The van der Waals surface area contributed by atoms with Gasteiger partial charge >= 0.3 is 5.97 Å². The van der Waals surface area contributed by atoms with Crippen LogP contribution in [0.4, 0.5) is 6.01 Å². The number of β-amino-alcohol motifs (C(OH)–C–C–N with tert-alkyl or cyclic N) is 1. The highest BCUT2D eigenvalue weighted by Crippen LogP contribution is 2.19. The Labute approximate surface area is 79.8 Å². The molecule has 2 rings (SSSR count). The van der Waals surface area contributed by atoms with Crippen molar-refractivity contribution in [2.45, 2.75) is 12.5 Å². The lowest BCUT2D eigenvalue weighted by atomic mass is 10.3. The molecule has 0 spiro atoms. The van der Waals surface area contributed by atoms with Crippen LogP contribution in [0.1, 0.15) is 17.0 Å². The molecule has 14 heavy (non-hydrogen) atoms. The fraction of sp³-hybridized carbons (Fsp3) is 0.500. The van der Waals surface area contributed by atoms with Gasteiger partial charge in [0.05, 0.1) is 12.3 Å². The van der Waals surface area contributed by atoms with Crippen LogP contribution in [0.5, 0.6) is 0 Å². The molecule has 0 aliphatic carbocycles. The number of carboxylic acids is 1. The molecule has 0 radical (unpaired) electrons. The topological polar surface area (TPSA) is 86.8 Å². The van der Waals surface area contributed by atoms with Gasteiger partial charge in [-0.05, 0) is 6.42 Å². The fourth-order valence-corrected chi connectivity index (χ4v) is 1.43.